The molecule has 2 N–H and O–H groups in total. The van der Waals surface area contributed by atoms with Gasteiger partial charge in [-0.15, -0.1) is 0 Å². The number of rotatable bonds is 5. The second kappa shape index (κ2) is 5.81. The first-order chi connectivity index (χ1) is 8.74. The van der Waals surface area contributed by atoms with Crippen LogP contribution in [0.1, 0.15) is 44.7 Å². The Morgan fingerprint density at radius 1 is 1.33 bits per heavy atom. The number of hydrogen-bond acceptors (Lipinski definition) is 3. The van der Waals surface area contributed by atoms with Crippen LogP contribution in [0.15, 0.2) is 24.5 Å². The van der Waals surface area contributed by atoms with Crippen LogP contribution < -0.4 is 5.73 Å². The van der Waals surface area contributed by atoms with Crippen LogP contribution in [-0.4, -0.2) is 29.5 Å². The lowest BCUT2D eigenvalue weighted by Gasteiger charge is -2.31. The summed E-state index contributed by atoms with van der Waals surface area (Å²) in [6.45, 7) is 7.68. The van der Waals surface area contributed by atoms with Crippen LogP contribution in [0.2, 0.25) is 0 Å². The Morgan fingerprint density at radius 2 is 2.00 bits per heavy atom. The third-order valence-corrected chi connectivity index (χ3v) is 4.72. The fourth-order valence-electron chi connectivity index (χ4n) is 3.14. The molecule has 0 spiro atoms. The van der Waals surface area contributed by atoms with Crippen LogP contribution in [0.4, 0.5) is 0 Å². The van der Waals surface area contributed by atoms with Gasteiger partial charge in [0.1, 0.15) is 0 Å². The minimum atomic E-state index is 0.355. The SMILES string of the molecule is CCC1(CC)CCN(C(CN)c2ccncc2)C1. The maximum atomic E-state index is 5.99. The van der Waals surface area contributed by atoms with Gasteiger partial charge in [0, 0.05) is 31.5 Å². The van der Waals surface area contributed by atoms with Crippen LogP contribution in [0.25, 0.3) is 0 Å². The van der Waals surface area contributed by atoms with Gasteiger partial charge < -0.3 is 5.73 Å². The number of hydrogen-bond donors (Lipinski definition) is 1. The average Bonchev–Trinajstić information content (AvgIpc) is 2.86. The van der Waals surface area contributed by atoms with Crippen molar-refractivity contribution in [2.45, 2.75) is 39.2 Å². The molecule has 1 saturated heterocycles. The van der Waals surface area contributed by atoms with Crippen LogP contribution in [0.5, 0.6) is 0 Å². The van der Waals surface area contributed by atoms with Crippen molar-refractivity contribution in [3.63, 3.8) is 0 Å². The molecule has 3 nitrogen and oxygen atoms in total. The Morgan fingerprint density at radius 3 is 2.50 bits per heavy atom. The van der Waals surface area contributed by atoms with Crippen molar-refractivity contribution in [2.24, 2.45) is 11.1 Å². The number of nitrogens with two attached hydrogens (primary N) is 1. The van der Waals surface area contributed by atoms with Gasteiger partial charge in [0.05, 0.1) is 0 Å². The lowest BCUT2D eigenvalue weighted by molar-refractivity contribution is 0.197. The molecule has 3 heteroatoms. The fraction of sp³-hybridized carbons (Fsp3) is 0.667. The molecule has 0 aromatic carbocycles. The van der Waals surface area contributed by atoms with Gasteiger partial charge in [-0.1, -0.05) is 13.8 Å². The minimum absolute atomic E-state index is 0.355. The molecule has 1 atom stereocenters. The van der Waals surface area contributed by atoms with Crippen molar-refractivity contribution in [3.05, 3.63) is 30.1 Å². The normalized spacial score (nSPS) is 21.1. The van der Waals surface area contributed by atoms with Gasteiger partial charge in [-0.05, 0) is 48.9 Å². The Kier molecular flexibility index (Phi) is 4.36. The molecule has 2 rings (SSSR count). The molecule has 0 bridgehead atoms. The molecule has 0 radical (unpaired) electrons. The van der Waals surface area contributed by atoms with Crippen molar-refractivity contribution in [2.75, 3.05) is 19.6 Å². The van der Waals surface area contributed by atoms with Crippen molar-refractivity contribution in [1.82, 2.24) is 9.88 Å². The lowest BCUT2D eigenvalue weighted by atomic mass is 9.82. The van der Waals surface area contributed by atoms with Crippen LogP contribution in [-0.2, 0) is 0 Å². The first kappa shape index (κ1) is 13.5. The molecular formula is C15H25N3. The van der Waals surface area contributed by atoms with Gasteiger partial charge in [0.15, 0.2) is 0 Å². The second-order valence-corrected chi connectivity index (χ2v) is 5.46. The molecule has 0 amide bonds. The largest absolute Gasteiger partial charge is 0.329 e. The predicted octanol–water partition coefficient (Wildman–Crippen LogP) is 2.59. The van der Waals surface area contributed by atoms with Crippen molar-refractivity contribution < 1.29 is 0 Å². The van der Waals surface area contributed by atoms with Crippen LogP contribution >= 0.6 is 0 Å². The molecule has 1 aliphatic rings. The molecule has 2 heterocycles. The van der Waals surface area contributed by atoms with Crippen molar-refractivity contribution in [3.8, 4) is 0 Å². The topological polar surface area (TPSA) is 42.1 Å². The molecule has 1 aromatic rings. The number of likely N-dealkylation sites (tertiary alicyclic amines) is 1. The molecular weight excluding hydrogens is 222 g/mol. The predicted molar refractivity (Wildman–Crippen MR) is 75.2 cm³/mol. The summed E-state index contributed by atoms with van der Waals surface area (Å²) < 4.78 is 0. The van der Waals surface area contributed by atoms with Gasteiger partial charge >= 0.3 is 0 Å². The summed E-state index contributed by atoms with van der Waals surface area (Å²) in [4.78, 5) is 6.65. The van der Waals surface area contributed by atoms with E-state index in [9.17, 15) is 0 Å². The third-order valence-electron chi connectivity index (χ3n) is 4.72. The van der Waals surface area contributed by atoms with Crippen molar-refractivity contribution in [1.29, 1.82) is 0 Å². The van der Waals surface area contributed by atoms with Crippen LogP contribution in [0.3, 0.4) is 0 Å². The van der Waals surface area contributed by atoms with E-state index in [0.29, 0.717) is 18.0 Å². The van der Waals surface area contributed by atoms with E-state index in [1.807, 2.05) is 12.4 Å². The van der Waals surface area contributed by atoms with E-state index in [-0.39, 0.29) is 0 Å². The molecule has 100 valence electrons. The third kappa shape index (κ3) is 2.57. The first-order valence-corrected chi connectivity index (χ1v) is 7.08. The molecule has 0 aliphatic carbocycles. The monoisotopic (exact) mass is 247 g/mol. The lowest BCUT2D eigenvalue weighted by Crippen LogP contribution is -2.34. The maximum Gasteiger partial charge on any atom is 0.0471 e. The van der Waals surface area contributed by atoms with Gasteiger partial charge in [0.2, 0.25) is 0 Å². The summed E-state index contributed by atoms with van der Waals surface area (Å²) in [5.74, 6) is 0. The summed E-state index contributed by atoms with van der Waals surface area (Å²) in [7, 11) is 0. The summed E-state index contributed by atoms with van der Waals surface area (Å²) in [5, 5.41) is 0. The summed E-state index contributed by atoms with van der Waals surface area (Å²) >= 11 is 0. The maximum absolute atomic E-state index is 5.99. The zero-order chi connectivity index (χ0) is 13.0. The van der Waals surface area contributed by atoms with Gasteiger partial charge in [-0.25, -0.2) is 0 Å². The number of pyridine rings is 1. The van der Waals surface area contributed by atoms with Gasteiger partial charge in [-0.2, -0.15) is 0 Å². The summed E-state index contributed by atoms with van der Waals surface area (Å²) in [5.41, 5.74) is 7.81. The van der Waals surface area contributed by atoms with Crippen molar-refractivity contribution >= 4 is 0 Å². The molecule has 1 aliphatic heterocycles. The first-order valence-electron chi connectivity index (χ1n) is 7.08. The fourth-order valence-corrected chi connectivity index (χ4v) is 3.14. The Bertz CT molecular complexity index is 359. The Balaban J connectivity index is 2.12. The quantitative estimate of drug-likeness (QED) is 0.869. The van der Waals surface area contributed by atoms with E-state index < -0.39 is 0 Å². The van der Waals surface area contributed by atoms with Gasteiger partial charge in [-0.3, -0.25) is 9.88 Å². The highest BCUT2D eigenvalue weighted by Gasteiger charge is 2.37. The molecule has 1 aromatic heterocycles. The second-order valence-electron chi connectivity index (χ2n) is 5.46. The van der Waals surface area contributed by atoms with E-state index in [1.54, 1.807) is 0 Å². The number of aromatic nitrogens is 1. The van der Waals surface area contributed by atoms with E-state index in [4.69, 9.17) is 5.73 Å². The molecule has 1 fully saturated rings. The highest BCUT2D eigenvalue weighted by atomic mass is 15.2. The molecule has 1 unspecified atom stereocenters. The van der Waals surface area contributed by atoms with E-state index >= 15 is 0 Å². The zero-order valence-corrected chi connectivity index (χ0v) is 11.6. The molecule has 0 saturated carbocycles. The summed E-state index contributed by atoms with van der Waals surface area (Å²) in [6.07, 6.45) is 7.57. The van der Waals surface area contributed by atoms with E-state index in [1.165, 1.54) is 37.9 Å². The van der Waals surface area contributed by atoms with Crippen LogP contribution in [0, 0.1) is 5.41 Å². The highest BCUT2D eigenvalue weighted by Crippen LogP contribution is 2.40. The smallest absolute Gasteiger partial charge is 0.0471 e. The van der Waals surface area contributed by atoms with E-state index in [2.05, 4.69) is 35.9 Å². The van der Waals surface area contributed by atoms with E-state index in [0.717, 1.165) is 0 Å². The molecule has 18 heavy (non-hydrogen) atoms. The number of nitrogens with zero attached hydrogens (tertiary/aromatic N) is 2. The summed E-state index contributed by atoms with van der Waals surface area (Å²) in [6, 6.07) is 4.54. The standard InChI is InChI=1S/C15H25N3/c1-3-15(4-2)7-10-18(12-15)14(11-16)13-5-8-17-9-6-13/h5-6,8-9,14H,3-4,7,10-12,16H2,1-2H3. The van der Waals surface area contributed by atoms with Gasteiger partial charge in [0.25, 0.3) is 0 Å². The Labute approximate surface area is 110 Å². The Hall–Kier alpha value is -0.930. The zero-order valence-electron chi connectivity index (χ0n) is 11.6. The highest BCUT2D eigenvalue weighted by molar-refractivity contribution is 5.16. The minimum Gasteiger partial charge on any atom is -0.329 e. The average molecular weight is 247 g/mol.